The molecule has 2 heterocycles. The Balaban J connectivity index is 1.47. The first-order valence-electron chi connectivity index (χ1n) is 13.8. The zero-order valence-electron chi connectivity index (χ0n) is 23.0. The topological polar surface area (TPSA) is 87.6 Å². The number of halogens is 3. The number of aromatic nitrogens is 2. The number of anilines is 1. The lowest BCUT2D eigenvalue weighted by Gasteiger charge is -2.31. The molecular formula is C30H35F3N4O3. The minimum Gasteiger partial charge on any atom is -0.493 e. The van der Waals surface area contributed by atoms with E-state index in [1.807, 2.05) is 6.07 Å². The number of nitrogens with one attached hydrogen (secondary N) is 1. The first kappa shape index (κ1) is 28.1. The van der Waals surface area contributed by atoms with Crippen molar-refractivity contribution in [2.75, 3.05) is 32.1 Å². The van der Waals surface area contributed by atoms with Gasteiger partial charge in [0, 0.05) is 42.4 Å². The van der Waals surface area contributed by atoms with E-state index in [4.69, 9.17) is 9.72 Å². The molecule has 0 saturated heterocycles. The molecule has 0 bridgehead atoms. The summed E-state index contributed by atoms with van der Waals surface area (Å²) in [5.74, 6) is 1.19. The summed E-state index contributed by atoms with van der Waals surface area (Å²) in [6.07, 6.45) is 0.941. The van der Waals surface area contributed by atoms with Gasteiger partial charge in [-0.2, -0.15) is 0 Å². The number of hydrogen-bond acceptors (Lipinski definition) is 6. The summed E-state index contributed by atoms with van der Waals surface area (Å²) in [4.78, 5) is 23.7. The number of nitrogens with zero attached hydrogens (tertiary/aromatic N) is 3. The lowest BCUT2D eigenvalue weighted by atomic mass is 9.77. The number of aliphatic hydroxyl groups is 1. The van der Waals surface area contributed by atoms with Crippen molar-refractivity contribution in [3.8, 4) is 5.75 Å². The molecule has 2 aliphatic rings. The number of hydrogen-bond donors (Lipinski definition) is 2. The van der Waals surface area contributed by atoms with Crippen LogP contribution in [0.1, 0.15) is 79.1 Å². The van der Waals surface area contributed by atoms with Crippen LogP contribution in [0.3, 0.4) is 0 Å². The number of aryl methyl sites for hydroxylation is 1. The molecule has 0 unspecified atom stereocenters. The molecular weight excluding hydrogens is 521 g/mol. The van der Waals surface area contributed by atoms with Gasteiger partial charge in [-0.05, 0) is 57.1 Å². The minimum atomic E-state index is -2.90. The standard InChI is InChI=1S/C30H35F3N4O3/c1-16(20-5-4-6-21(25(20)31)28(32)33)34-29-24-15-23(27-22(11-14-40-27)26(24)35-17(2)36-29)18-7-9-19(10-8-18)30(39)37(3)12-13-38/h4-6,15-16,18-19,28,38H,7-14H2,1-3H3,(H,34,35,36)/t16-,18?,19?/m1/s1. The molecule has 214 valence electrons. The van der Waals surface area contributed by atoms with Gasteiger partial charge in [0.05, 0.1) is 30.3 Å². The quantitative estimate of drug-likeness (QED) is 0.362. The van der Waals surface area contributed by atoms with Crippen molar-refractivity contribution in [2.24, 2.45) is 5.92 Å². The number of alkyl halides is 2. The van der Waals surface area contributed by atoms with Crippen LogP contribution in [0.15, 0.2) is 24.3 Å². The first-order valence-corrected chi connectivity index (χ1v) is 13.8. The normalized spacial score (nSPS) is 19.4. The predicted octanol–water partition coefficient (Wildman–Crippen LogP) is 5.85. The maximum absolute atomic E-state index is 14.9. The molecule has 1 amide bonds. The van der Waals surface area contributed by atoms with Crippen LogP contribution < -0.4 is 10.1 Å². The maximum Gasteiger partial charge on any atom is 0.266 e. The molecule has 10 heteroatoms. The summed E-state index contributed by atoms with van der Waals surface area (Å²) in [5.41, 5.74) is 2.36. The van der Waals surface area contributed by atoms with Gasteiger partial charge in [-0.3, -0.25) is 4.79 Å². The van der Waals surface area contributed by atoms with Crippen molar-refractivity contribution in [1.29, 1.82) is 0 Å². The highest BCUT2D eigenvalue weighted by molar-refractivity contribution is 5.94. The zero-order valence-corrected chi connectivity index (χ0v) is 23.0. The second-order valence-electron chi connectivity index (χ2n) is 10.8. The molecule has 1 saturated carbocycles. The largest absolute Gasteiger partial charge is 0.493 e. The van der Waals surface area contributed by atoms with Gasteiger partial charge < -0.3 is 20.1 Å². The summed E-state index contributed by atoms with van der Waals surface area (Å²) in [7, 11) is 1.72. The van der Waals surface area contributed by atoms with Gasteiger partial charge in [-0.25, -0.2) is 23.1 Å². The summed E-state index contributed by atoms with van der Waals surface area (Å²) >= 11 is 0. The van der Waals surface area contributed by atoms with Gasteiger partial charge in [0.1, 0.15) is 23.2 Å². The molecule has 7 nitrogen and oxygen atoms in total. The molecule has 1 aliphatic heterocycles. The first-order chi connectivity index (χ1) is 19.2. The van der Waals surface area contributed by atoms with E-state index in [9.17, 15) is 23.1 Å². The molecule has 1 atom stereocenters. The van der Waals surface area contributed by atoms with E-state index < -0.39 is 23.8 Å². The van der Waals surface area contributed by atoms with E-state index in [-0.39, 0.29) is 29.9 Å². The van der Waals surface area contributed by atoms with Gasteiger partial charge in [0.25, 0.3) is 6.43 Å². The van der Waals surface area contributed by atoms with Crippen LogP contribution in [0.25, 0.3) is 10.9 Å². The van der Waals surface area contributed by atoms with E-state index >= 15 is 0 Å². The van der Waals surface area contributed by atoms with Crippen LogP contribution >= 0.6 is 0 Å². The predicted molar refractivity (Wildman–Crippen MR) is 146 cm³/mol. The fourth-order valence-electron chi connectivity index (χ4n) is 6.10. The molecule has 2 aromatic carbocycles. The van der Waals surface area contributed by atoms with E-state index in [2.05, 4.69) is 10.3 Å². The number of likely N-dealkylation sites (N-methyl/N-ethyl adjacent to an activating group) is 1. The van der Waals surface area contributed by atoms with Crippen LogP contribution in [-0.2, 0) is 11.2 Å². The van der Waals surface area contributed by atoms with Crippen LogP contribution in [0.5, 0.6) is 5.75 Å². The third kappa shape index (κ3) is 5.33. The minimum absolute atomic E-state index is 0.0566. The fraction of sp³-hybridized carbons (Fsp3) is 0.500. The highest BCUT2D eigenvalue weighted by atomic mass is 19.3. The molecule has 5 rings (SSSR count). The summed E-state index contributed by atoms with van der Waals surface area (Å²) in [6.45, 7) is 4.33. The van der Waals surface area contributed by atoms with Crippen molar-refractivity contribution in [2.45, 2.75) is 64.3 Å². The Morgan fingerprint density at radius 3 is 2.62 bits per heavy atom. The Morgan fingerprint density at radius 2 is 1.93 bits per heavy atom. The Hall–Kier alpha value is -3.40. The molecule has 1 aliphatic carbocycles. The van der Waals surface area contributed by atoms with Gasteiger partial charge in [0.2, 0.25) is 5.91 Å². The van der Waals surface area contributed by atoms with Gasteiger partial charge >= 0.3 is 0 Å². The average molecular weight is 557 g/mol. The number of amides is 1. The lowest BCUT2D eigenvalue weighted by Crippen LogP contribution is -2.36. The molecule has 40 heavy (non-hydrogen) atoms. The number of carbonyl (C=O) groups excluding carboxylic acids is 1. The molecule has 2 N–H and O–H groups in total. The fourth-order valence-corrected chi connectivity index (χ4v) is 6.10. The van der Waals surface area contributed by atoms with Gasteiger partial charge in [-0.1, -0.05) is 18.2 Å². The third-order valence-electron chi connectivity index (χ3n) is 8.22. The number of carbonyl (C=O) groups is 1. The zero-order chi connectivity index (χ0) is 28.6. The lowest BCUT2D eigenvalue weighted by molar-refractivity contribution is -0.135. The van der Waals surface area contributed by atoms with Crippen molar-refractivity contribution >= 4 is 22.6 Å². The second-order valence-corrected chi connectivity index (χ2v) is 10.8. The van der Waals surface area contributed by atoms with E-state index in [1.165, 1.54) is 12.1 Å². The Morgan fingerprint density at radius 1 is 1.20 bits per heavy atom. The number of fused-ring (bicyclic) bond motifs is 3. The highest BCUT2D eigenvalue weighted by Gasteiger charge is 2.33. The summed E-state index contributed by atoms with van der Waals surface area (Å²) in [6, 6.07) is 5.46. The molecule has 0 spiro atoms. The Kier molecular flexibility index (Phi) is 8.16. The van der Waals surface area contributed by atoms with Crippen molar-refractivity contribution in [3.63, 3.8) is 0 Å². The summed E-state index contributed by atoms with van der Waals surface area (Å²) in [5, 5.41) is 13.2. The van der Waals surface area contributed by atoms with Gasteiger partial charge in [0.15, 0.2) is 0 Å². The Labute approximate surface area is 231 Å². The number of ether oxygens (including phenoxy) is 1. The van der Waals surface area contributed by atoms with E-state index in [1.54, 1.807) is 25.8 Å². The molecule has 0 radical (unpaired) electrons. The second kappa shape index (κ2) is 11.6. The molecule has 3 aromatic rings. The number of benzene rings is 2. The number of rotatable bonds is 8. The third-order valence-corrected chi connectivity index (χ3v) is 8.22. The van der Waals surface area contributed by atoms with Crippen LogP contribution in [0, 0.1) is 18.7 Å². The van der Waals surface area contributed by atoms with Crippen molar-refractivity contribution in [1.82, 2.24) is 14.9 Å². The van der Waals surface area contributed by atoms with E-state index in [0.717, 1.165) is 59.5 Å². The summed E-state index contributed by atoms with van der Waals surface area (Å²) < 4.78 is 47.7. The van der Waals surface area contributed by atoms with Gasteiger partial charge in [-0.15, -0.1) is 0 Å². The monoisotopic (exact) mass is 556 g/mol. The highest BCUT2D eigenvalue weighted by Crippen LogP contribution is 2.46. The molecule has 1 aromatic heterocycles. The number of aliphatic hydroxyl groups excluding tert-OH is 1. The van der Waals surface area contributed by atoms with E-state index in [0.29, 0.717) is 31.2 Å². The smallest absolute Gasteiger partial charge is 0.266 e. The average Bonchev–Trinajstić information content (AvgIpc) is 3.43. The van der Waals surface area contributed by atoms with Crippen LogP contribution in [0.2, 0.25) is 0 Å². The van der Waals surface area contributed by atoms with Crippen LogP contribution in [-0.4, -0.2) is 52.7 Å². The Bertz CT molecular complexity index is 1410. The maximum atomic E-state index is 14.9. The van der Waals surface area contributed by atoms with Crippen LogP contribution in [0.4, 0.5) is 19.0 Å². The molecule has 1 fully saturated rings. The van der Waals surface area contributed by atoms with Crippen molar-refractivity contribution in [3.05, 3.63) is 58.2 Å². The van der Waals surface area contributed by atoms with Crippen molar-refractivity contribution < 1.29 is 27.8 Å². The SMILES string of the molecule is Cc1nc(N[C@H](C)c2cccc(C(F)F)c2F)c2cc(C3CCC(C(=O)N(C)CCO)CC3)c3c(c2n1)CCO3.